The van der Waals surface area contributed by atoms with Gasteiger partial charge < -0.3 is 14.5 Å². The molecule has 1 aromatic carbocycles. The minimum atomic E-state index is -1.10. The molecule has 0 unspecified atom stereocenters. The van der Waals surface area contributed by atoms with E-state index in [9.17, 15) is 4.79 Å². The Labute approximate surface area is 102 Å². The number of carboxylic acid groups (broad SMARTS) is 1. The third-order valence-electron chi connectivity index (χ3n) is 2.79. The molecule has 2 aromatic heterocycles. The molecule has 0 aliphatic rings. The van der Waals surface area contributed by atoms with Gasteiger partial charge in [-0.25, -0.2) is 9.78 Å². The van der Waals surface area contributed by atoms with Crippen LogP contribution in [-0.2, 0) is 0 Å². The predicted molar refractivity (Wildman–Crippen MR) is 65.5 cm³/mol. The highest BCUT2D eigenvalue weighted by atomic mass is 16.4. The summed E-state index contributed by atoms with van der Waals surface area (Å²) in [4.78, 5) is 17.8. The van der Waals surface area contributed by atoms with Gasteiger partial charge in [-0.2, -0.15) is 0 Å². The van der Waals surface area contributed by atoms with E-state index in [1.54, 1.807) is 0 Å². The summed E-state index contributed by atoms with van der Waals surface area (Å²) in [6, 6.07) is 7.81. The molecule has 5 nitrogen and oxygen atoms in total. The highest BCUT2D eigenvalue weighted by Crippen LogP contribution is 2.27. The van der Waals surface area contributed by atoms with Crippen molar-refractivity contribution in [2.24, 2.45) is 0 Å². The van der Waals surface area contributed by atoms with Crippen LogP contribution < -0.4 is 0 Å². The minimum absolute atomic E-state index is 0.0849. The summed E-state index contributed by atoms with van der Waals surface area (Å²) in [5.74, 6) is -0.857. The van der Waals surface area contributed by atoms with Crippen molar-refractivity contribution < 1.29 is 14.3 Å². The normalized spacial score (nSPS) is 10.9. The van der Waals surface area contributed by atoms with E-state index in [4.69, 9.17) is 9.52 Å². The number of rotatable bonds is 2. The second kappa shape index (κ2) is 3.73. The van der Waals surface area contributed by atoms with Crippen LogP contribution in [0.1, 0.15) is 16.1 Å². The molecule has 3 rings (SSSR count). The number of nitrogens with zero attached hydrogens (tertiary/aromatic N) is 1. The quantitative estimate of drug-likeness (QED) is 0.724. The van der Waals surface area contributed by atoms with E-state index < -0.39 is 5.97 Å². The van der Waals surface area contributed by atoms with E-state index in [0.29, 0.717) is 5.69 Å². The van der Waals surface area contributed by atoms with E-state index in [2.05, 4.69) is 9.97 Å². The maximum atomic E-state index is 11.0. The third kappa shape index (κ3) is 1.57. The van der Waals surface area contributed by atoms with Gasteiger partial charge in [0.25, 0.3) is 0 Å². The second-order valence-corrected chi connectivity index (χ2v) is 4.11. The molecule has 0 saturated carbocycles. The van der Waals surface area contributed by atoms with Crippen molar-refractivity contribution in [1.82, 2.24) is 9.97 Å². The van der Waals surface area contributed by atoms with Crippen molar-refractivity contribution in [2.45, 2.75) is 6.92 Å². The number of H-pyrrole nitrogens is 1. The van der Waals surface area contributed by atoms with Gasteiger partial charge in [-0.3, -0.25) is 0 Å². The number of nitrogens with one attached hydrogen (secondary N) is 1. The van der Waals surface area contributed by atoms with E-state index in [-0.39, 0.29) is 11.5 Å². The van der Waals surface area contributed by atoms with Crippen LogP contribution >= 0.6 is 0 Å². The number of aromatic nitrogens is 2. The molecular weight excluding hydrogens is 232 g/mol. The summed E-state index contributed by atoms with van der Waals surface area (Å²) in [5.41, 5.74) is 2.61. The molecule has 90 valence electrons. The summed E-state index contributed by atoms with van der Waals surface area (Å²) in [6.07, 6.45) is 1.13. The van der Waals surface area contributed by atoms with Crippen molar-refractivity contribution in [3.63, 3.8) is 0 Å². The van der Waals surface area contributed by atoms with Crippen LogP contribution in [0.5, 0.6) is 0 Å². The lowest BCUT2D eigenvalue weighted by molar-refractivity contribution is 0.0691. The first kappa shape index (κ1) is 10.6. The fourth-order valence-electron chi connectivity index (χ4n) is 1.96. The van der Waals surface area contributed by atoms with Crippen LogP contribution in [0.4, 0.5) is 0 Å². The molecule has 2 heterocycles. The van der Waals surface area contributed by atoms with Gasteiger partial charge in [0.15, 0.2) is 17.8 Å². The van der Waals surface area contributed by atoms with Gasteiger partial charge in [-0.05, 0) is 25.1 Å². The molecule has 18 heavy (non-hydrogen) atoms. The van der Waals surface area contributed by atoms with Crippen molar-refractivity contribution in [3.8, 4) is 11.5 Å². The smallest absolute Gasteiger partial charge is 0.358 e. The third-order valence-corrected chi connectivity index (χ3v) is 2.79. The lowest BCUT2D eigenvalue weighted by Crippen LogP contribution is -1.98. The average Bonchev–Trinajstić information content (AvgIpc) is 2.93. The Morgan fingerprint density at radius 2 is 2.22 bits per heavy atom. The van der Waals surface area contributed by atoms with Crippen molar-refractivity contribution in [2.75, 3.05) is 0 Å². The zero-order valence-electron chi connectivity index (χ0n) is 9.60. The van der Waals surface area contributed by atoms with E-state index in [0.717, 1.165) is 22.9 Å². The minimum Gasteiger partial charge on any atom is -0.476 e. The van der Waals surface area contributed by atoms with Crippen LogP contribution in [0.2, 0.25) is 0 Å². The molecule has 0 spiro atoms. The molecule has 0 atom stereocenters. The SMILES string of the molecule is Cc1ccc2[nH]c(-c3ocnc3C(=O)O)cc2c1. The van der Waals surface area contributed by atoms with Gasteiger partial charge in [0.1, 0.15) is 0 Å². The first-order chi connectivity index (χ1) is 8.65. The second-order valence-electron chi connectivity index (χ2n) is 4.11. The molecule has 0 bridgehead atoms. The number of oxazole rings is 1. The average molecular weight is 242 g/mol. The summed E-state index contributed by atoms with van der Waals surface area (Å²) in [7, 11) is 0. The summed E-state index contributed by atoms with van der Waals surface area (Å²) in [6.45, 7) is 2.00. The molecule has 0 fully saturated rings. The first-order valence-corrected chi connectivity index (χ1v) is 5.41. The molecule has 0 aliphatic carbocycles. The monoisotopic (exact) mass is 242 g/mol. The number of hydrogen-bond acceptors (Lipinski definition) is 3. The van der Waals surface area contributed by atoms with Crippen molar-refractivity contribution in [1.29, 1.82) is 0 Å². The number of hydrogen-bond donors (Lipinski definition) is 2. The lowest BCUT2D eigenvalue weighted by atomic mass is 10.2. The zero-order valence-corrected chi connectivity index (χ0v) is 9.60. The number of aromatic carboxylic acids is 1. The number of carboxylic acids is 1. The first-order valence-electron chi connectivity index (χ1n) is 5.41. The van der Waals surface area contributed by atoms with Crippen LogP contribution in [-0.4, -0.2) is 21.0 Å². The van der Waals surface area contributed by atoms with Gasteiger partial charge in [-0.1, -0.05) is 11.6 Å². The molecule has 2 N–H and O–H groups in total. The molecule has 0 saturated heterocycles. The number of carbonyl (C=O) groups is 1. The summed E-state index contributed by atoms with van der Waals surface area (Å²) < 4.78 is 5.15. The highest BCUT2D eigenvalue weighted by Gasteiger charge is 2.18. The molecule has 0 amide bonds. The predicted octanol–water partition coefficient (Wildman–Crippen LogP) is 2.83. The molecular formula is C13H10N2O3. The number of benzene rings is 1. The fourth-order valence-corrected chi connectivity index (χ4v) is 1.96. The Balaban J connectivity index is 2.19. The zero-order chi connectivity index (χ0) is 12.7. The number of aromatic amines is 1. The van der Waals surface area contributed by atoms with Crippen molar-refractivity contribution in [3.05, 3.63) is 41.9 Å². The Hall–Kier alpha value is -2.56. The highest BCUT2D eigenvalue weighted by molar-refractivity contribution is 5.94. The molecule has 0 radical (unpaired) electrons. The van der Waals surface area contributed by atoms with E-state index in [1.807, 2.05) is 31.2 Å². The molecule has 5 heteroatoms. The van der Waals surface area contributed by atoms with Gasteiger partial charge in [0.2, 0.25) is 0 Å². The largest absolute Gasteiger partial charge is 0.476 e. The fraction of sp³-hybridized carbons (Fsp3) is 0.0769. The van der Waals surface area contributed by atoms with Crippen LogP contribution in [0.15, 0.2) is 35.1 Å². The Morgan fingerprint density at radius 3 is 3.00 bits per heavy atom. The lowest BCUT2D eigenvalue weighted by Gasteiger charge is -1.92. The maximum Gasteiger partial charge on any atom is 0.358 e. The van der Waals surface area contributed by atoms with Gasteiger partial charge >= 0.3 is 5.97 Å². The summed E-state index contributed by atoms with van der Waals surface area (Å²) >= 11 is 0. The van der Waals surface area contributed by atoms with Crippen LogP contribution in [0, 0.1) is 6.92 Å². The Kier molecular flexibility index (Phi) is 2.19. The standard InChI is InChI=1S/C13H10N2O3/c1-7-2-3-9-8(4-7)5-10(15-9)12-11(13(16)17)14-6-18-12/h2-6,15H,1H3,(H,16,17). The number of aryl methyl sites for hydroxylation is 1. The van der Waals surface area contributed by atoms with E-state index in [1.165, 1.54) is 0 Å². The Bertz CT molecular complexity index is 740. The van der Waals surface area contributed by atoms with Crippen LogP contribution in [0.3, 0.4) is 0 Å². The maximum absolute atomic E-state index is 11.0. The van der Waals surface area contributed by atoms with Gasteiger partial charge in [-0.15, -0.1) is 0 Å². The summed E-state index contributed by atoms with van der Waals surface area (Å²) in [5, 5.41) is 10.0. The van der Waals surface area contributed by atoms with E-state index >= 15 is 0 Å². The van der Waals surface area contributed by atoms with Crippen LogP contribution in [0.25, 0.3) is 22.4 Å². The Morgan fingerprint density at radius 1 is 1.39 bits per heavy atom. The topological polar surface area (TPSA) is 79.1 Å². The van der Waals surface area contributed by atoms with Gasteiger partial charge in [0.05, 0.1) is 5.69 Å². The molecule has 3 aromatic rings. The van der Waals surface area contributed by atoms with Crippen molar-refractivity contribution >= 4 is 16.9 Å². The molecule has 0 aliphatic heterocycles. The number of fused-ring (bicyclic) bond motifs is 1. The van der Waals surface area contributed by atoms with Gasteiger partial charge in [0, 0.05) is 10.9 Å².